The van der Waals surface area contributed by atoms with Crippen molar-refractivity contribution in [3.05, 3.63) is 113 Å². The molecule has 0 atom stereocenters. The highest BCUT2D eigenvalue weighted by atomic mass is 16.3. The highest BCUT2D eigenvalue weighted by Crippen LogP contribution is 2.41. The minimum Gasteiger partial charge on any atom is -0.455 e. The molecule has 0 unspecified atom stereocenters. The van der Waals surface area contributed by atoms with Gasteiger partial charge < -0.3 is 4.42 Å². The van der Waals surface area contributed by atoms with Crippen molar-refractivity contribution in [3.8, 4) is 39.6 Å². The molecule has 3 nitrogen and oxygen atoms in total. The molecule has 4 aromatic carbocycles. The van der Waals surface area contributed by atoms with Crippen LogP contribution in [-0.4, -0.2) is 4.98 Å². The molecule has 0 spiro atoms. The van der Waals surface area contributed by atoms with Crippen LogP contribution >= 0.6 is 0 Å². The van der Waals surface area contributed by atoms with Gasteiger partial charge in [-0.1, -0.05) is 81.4 Å². The summed E-state index contributed by atoms with van der Waals surface area (Å²) in [5.41, 5.74) is 1.91. The van der Waals surface area contributed by atoms with Gasteiger partial charge in [0.05, 0.1) is 18.7 Å². The van der Waals surface area contributed by atoms with Crippen molar-refractivity contribution >= 4 is 21.9 Å². The lowest BCUT2D eigenvalue weighted by Crippen LogP contribution is -2.09. The quantitative estimate of drug-likeness (QED) is 0.228. The largest absolute Gasteiger partial charge is 0.455 e. The van der Waals surface area contributed by atoms with E-state index in [0.29, 0.717) is 27.9 Å². The standard InChI is InChI=1S/C37H32N2O/c1-23-18-25(20-37(3,4)5)14-16-28(23)32-19-33(39-22-24(32)2)31-13-9-12-29-30-17-15-27(21-38)34(36(30)40-35(29)31)26-10-7-6-8-11-26/h6-19,22H,20H2,1-5H3/i1D3,2D3,16D,20D2. The van der Waals surface area contributed by atoms with Crippen molar-refractivity contribution in [2.75, 3.05) is 0 Å². The smallest absolute Gasteiger partial charge is 0.144 e. The van der Waals surface area contributed by atoms with Crippen LogP contribution in [0.1, 0.15) is 55.4 Å². The van der Waals surface area contributed by atoms with E-state index in [4.69, 9.17) is 16.8 Å². The molecule has 0 bridgehead atoms. The number of benzene rings is 4. The second-order valence-corrected chi connectivity index (χ2v) is 10.8. The maximum atomic E-state index is 9.96. The van der Waals surface area contributed by atoms with Gasteiger partial charge in [0.2, 0.25) is 0 Å². The van der Waals surface area contributed by atoms with Gasteiger partial charge in [-0.15, -0.1) is 0 Å². The summed E-state index contributed by atoms with van der Waals surface area (Å²) < 4.78 is 83.1. The number of aryl methyl sites for hydroxylation is 2. The van der Waals surface area contributed by atoms with Crippen molar-refractivity contribution in [1.29, 1.82) is 5.26 Å². The summed E-state index contributed by atoms with van der Waals surface area (Å²) >= 11 is 0. The second-order valence-electron chi connectivity index (χ2n) is 10.8. The van der Waals surface area contributed by atoms with Crippen LogP contribution in [0.4, 0.5) is 0 Å². The lowest BCUT2D eigenvalue weighted by Gasteiger charge is -2.19. The summed E-state index contributed by atoms with van der Waals surface area (Å²) in [6.45, 7) is -0.477. The molecule has 3 heteroatoms. The van der Waals surface area contributed by atoms with E-state index in [1.165, 1.54) is 24.4 Å². The number of hydrogen-bond donors (Lipinski definition) is 0. The zero-order valence-corrected chi connectivity index (χ0v) is 22.4. The third-order valence-corrected chi connectivity index (χ3v) is 6.76. The first-order valence-corrected chi connectivity index (χ1v) is 12.9. The fourth-order valence-electron chi connectivity index (χ4n) is 5.08. The fraction of sp³-hybridized carbons (Fsp3) is 0.189. The molecule has 0 saturated carbocycles. The van der Waals surface area contributed by atoms with Crippen LogP contribution in [0.25, 0.3) is 55.4 Å². The van der Waals surface area contributed by atoms with Gasteiger partial charge in [0, 0.05) is 39.1 Å². The number of furan rings is 1. The van der Waals surface area contributed by atoms with Crippen LogP contribution in [0.2, 0.25) is 0 Å². The Labute approximate surface area is 248 Å². The Morgan fingerprint density at radius 2 is 1.68 bits per heavy atom. The van der Waals surface area contributed by atoms with Crippen LogP contribution in [0.3, 0.4) is 0 Å². The number of aromatic nitrogens is 1. The average Bonchev–Trinajstić information content (AvgIpc) is 3.41. The van der Waals surface area contributed by atoms with Crippen molar-refractivity contribution in [2.45, 2.75) is 40.8 Å². The van der Waals surface area contributed by atoms with Crippen LogP contribution in [-0.2, 0) is 6.37 Å². The zero-order chi connectivity index (χ0) is 35.7. The summed E-state index contributed by atoms with van der Waals surface area (Å²) in [4.78, 5) is 4.51. The second kappa shape index (κ2) is 9.81. The van der Waals surface area contributed by atoms with E-state index in [2.05, 4.69) is 11.1 Å². The first kappa shape index (κ1) is 17.1. The number of nitrogens with zero attached hydrogens (tertiary/aromatic N) is 2. The molecule has 0 aliphatic heterocycles. The molecule has 0 aliphatic rings. The number of fused-ring (bicyclic) bond motifs is 3. The van der Waals surface area contributed by atoms with E-state index in [9.17, 15) is 5.26 Å². The Hall–Kier alpha value is -4.68. The number of para-hydroxylation sites is 1. The van der Waals surface area contributed by atoms with E-state index < -0.39 is 25.5 Å². The number of nitriles is 1. The lowest BCUT2D eigenvalue weighted by atomic mass is 9.86. The third-order valence-electron chi connectivity index (χ3n) is 6.76. The Morgan fingerprint density at radius 1 is 0.875 bits per heavy atom. The van der Waals surface area contributed by atoms with Crippen LogP contribution in [0.5, 0.6) is 0 Å². The van der Waals surface area contributed by atoms with Gasteiger partial charge in [-0.2, -0.15) is 5.26 Å². The Bertz CT molecular complexity index is 2290. The van der Waals surface area contributed by atoms with Gasteiger partial charge in [-0.25, -0.2) is 0 Å². The minimum absolute atomic E-state index is 0.0163. The van der Waals surface area contributed by atoms with E-state index in [0.717, 1.165) is 16.3 Å². The number of pyridine rings is 1. The van der Waals surface area contributed by atoms with Crippen molar-refractivity contribution in [1.82, 2.24) is 4.98 Å². The summed E-state index contributed by atoms with van der Waals surface area (Å²) in [6.07, 6.45) is -0.827. The average molecular weight is 530 g/mol. The predicted octanol–water partition coefficient (Wildman–Crippen LogP) is 10.1. The molecule has 0 amide bonds. The van der Waals surface area contributed by atoms with Crippen LogP contribution in [0, 0.1) is 30.4 Å². The van der Waals surface area contributed by atoms with Gasteiger partial charge in [0.25, 0.3) is 0 Å². The number of rotatable bonds is 4. The molecule has 6 rings (SSSR count). The van der Waals surface area contributed by atoms with Crippen LogP contribution in [0.15, 0.2) is 95.5 Å². The highest BCUT2D eigenvalue weighted by Gasteiger charge is 2.20. The SMILES string of the molecule is [2H]c1cc(C([2H])([2H])C(C)(C)C)cc(C([2H])([2H])[2H])c1-c1cc(-c2cccc3c2oc2c(-c4ccccc4)c(C#N)ccc23)ncc1C([2H])([2H])[2H]. The van der Waals surface area contributed by atoms with Gasteiger partial charge >= 0.3 is 0 Å². The maximum absolute atomic E-state index is 9.96. The molecule has 0 aliphatic carbocycles. The summed E-state index contributed by atoms with van der Waals surface area (Å²) in [7, 11) is 0. The molecule has 40 heavy (non-hydrogen) atoms. The van der Waals surface area contributed by atoms with Gasteiger partial charge in [-0.05, 0) is 83.1 Å². The Kier molecular flexibility index (Phi) is 4.19. The lowest BCUT2D eigenvalue weighted by molar-refractivity contribution is 0.411. The highest BCUT2D eigenvalue weighted by molar-refractivity contribution is 6.13. The molecular formula is C37H32N2O. The molecule has 2 aromatic heterocycles. The molecule has 2 heterocycles. The van der Waals surface area contributed by atoms with Crippen molar-refractivity contribution in [3.63, 3.8) is 0 Å². The normalized spacial score (nSPS) is 16.0. The van der Waals surface area contributed by atoms with E-state index in [-0.39, 0.29) is 39.6 Å². The Balaban J connectivity index is 1.65. The summed E-state index contributed by atoms with van der Waals surface area (Å²) in [5, 5.41) is 11.4. The summed E-state index contributed by atoms with van der Waals surface area (Å²) in [6, 6.07) is 24.3. The molecule has 0 radical (unpaired) electrons. The number of hydrogen-bond acceptors (Lipinski definition) is 3. The van der Waals surface area contributed by atoms with Gasteiger partial charge in [-0.3, -0.25) is 4.98 Å². The first-order valence-electron chi connectivity index (χ1n) is 17.4. The predicted molar refractivity (Wildman–Crippen MR) is 165 cm³/mol. The molecule has 0 fully saturated rings. The molecule has 0 N–H and O–H groups in total. The van der Waals surface area contributed by atoms with E-state index >= 15 is 0 Å². The van der Waals surface area contributed by atoms with Crippen LogP contribution < -0.4 is 0 Å². The van der Waals surface area contributed by atoms with Crippen molar-refractivity contribution < 1.29 is 16.8 Å². The third kappa shape index (κ3) is 4.56. The molecule has 196 valence electrons. The molecular weight excluding hydrogens is 488 g/mol. The Morgan fingerprint density at radius 3 is 2.42 bits per heavy atom. The fourth-order valence-corrected chi connectivity index (χ4v) is 5.08. The topological polar surface area (TPSA) is 49.8 Å². The van der Waals surface area contributed by atoms with E-state index in [1.807, 2.05) is 42.5 Å². The first-order chi connectivity index (χ1) is 22.8. The van der Waals surface area contributed by atoms with E-state index in [1.54, 1.807) is 39.0 Å². The van der Waals surface area contributed by atoms with Crippen molar-refractivity contribution in [2.24, 2.45) is 5.41 Å². The van der Waals surface area contributed by atoms with Gasteiger partial charge in [0.1, 0.15) is 11.2 Å². The molecule has 0 saturated heterocycles. The minimum atomic E-state index is -2.81. The summed E-state index contributed by atoms with van der Waals surface area (Å²) in [5.74, 6) is 0. The zero-order valence-electron chi connectivity index (χ0n) is 31.4. The maximum Gasteiger partial charge on any atom is 0.144 e. The molecule has 6 aromatic rings. The van der Waals surface area contributed by atoms with Gasteiger partial charge in [0.15, 0.2) is 0 Å². The monoisotopic (exact) mass is 529 g/mol.